The van der Waals surface area contributed by atoms with E-state index in [9.17, 15) is 9.59 Å². The zero-order valence-corrected chi connectivity index (χ0v) is 10.7. The second kappa shape index (κ2) is 12.3. The minimum Gasteiger partial charge on any atom is -0.481 e. The summed E-state index contributed by atoms with van der Waals surface area (Å²) < 4.78 is 10.4. The predicted octanol–water partition coefficient (Wildman–Crippen LogP) is -0.780. The molecule has 0 aromatic heterocycles. The molecule has 0 atom stereocenters. The van der Waals surface area contributed by atoms with Crippen molar-refractivity contribution < 1.29 is 24.2 Å². The lowest BCUT2D eigenvalue weighted by Crippen LogP contribution is -2.27. The summed E-state index contributed by atoms with van der Waals surface area (Å²) in [6, 6.07) is 0. The SMILES string of the molecule is CNCCOCCOCCC(=O)NCCC(=O)O. The molecule has 3 N–H and O–H groups in total. The average molecular weight is 262 g/mol. The second-order valence-corrected chi connectivity index (χ2v) is 3.57. The molecule has 0 saturated heterocycles. The number of aliphatic carboxylic acids is 1. The van der Waals surface area contributed by atoms with Crippen LogP contribution in [0.2, 0.25) is 0 Å². The number of ether oxygens (including phenoxy) is 2. The van der Waals surface area contributed by atoms with E-state index < -0.39 is 5.97 Å². The van der Waals surface area contributed by atoms with E-state index in [1.165, 1.54) is 0 Å². The Labute approximate surface area is 107 Å². The third-order valence-corrected chi connectivity index (χ3v) is 2.00. The van der Waals surface area contributed by atoms with E-state index in [2.05, 4.69) is 10.6 Å². The highest BCUT2D eigenvalue weighted by molar-refractivity contribution is 5.76. The largest absolute Gasteiger partial charge is 0.481 e. The molecule has 0 aromatic rings. The Bertz CT molecular complexity index is 235. The van der Waals surface area contributed by atoms with E-state index in [1.807, 2.05) is 7.05 Å². The molecular weight excluding hydrogens is 240 g/mol. The number of likely N-dealkylation sites (N-methyl/N-ethyl adjacent to an activating group) is 1. The number of carboxylic acids is 1. The Hall–Kier alpha value is -1.18. The van der Waals surface area contributed by atoms with Crippen LogP contribution in [0.25, 0.3) is 0 Å². The van der Waals surface area contributed by atoms with Gasteiger partial charge in [0.2, 0.25) is 5.91 Å². The molecule has 0 unspecified atom stereocenters. The van der Waals surface area contributed by atoms with Gasteiger partial charge in [-0.15, -0.1) is 0 Å². The van der Waals surface area contributed by atoms with Crippen LogP contribution in [0, 0.1) is 0 Å². The molecule has 0 spiro atoms. The van der Waals surface area contributed by atoms with E-state index in [1.54, 1.807) is 0 Å². The summed E-state index contributed by atoms with van der Waals surface area (Å²) in [7, 11) is 1.85. The van der Waals surface area contributed by atoms with Gasteiger partial charge in [-0.2, -0.15) is 0 Å². The minimum atomic E-state index is -0.926. The van der Waals surface area contributed by atoms with Crippen molar-refractivity contribution in [3.05, 3.63) is 0 Å². The Balaban J connectivity index is 3.17. The predicted molar refractivity (Wildman–Crippen MR) is 65.4 cm³/mol. The number of carbonyl (C=O) groups excluding carboxylic acids is 1. The molecule has 0 aliphatic heterocycles. The fraction of sp³-hybridized carbons (Fsp3) is 0.818. The summed E-state index contributed by atoms with van der Waals surface area (Å²) in [6.07, 6.45) is 0.169. The van der Waals surface area contributed by atoms with Crippen LogP contribution in [0.15, 0.2) is 0 Å². The first-order valence-electron chi connectivity index (χ1n) is 5.95. The van der Waals surface area contributed by atoms with Crippen molar-refractivity contribution in [1.82, 2.24) is 10.6 Å². The molecule has 0 aromatic carbocycles. The van der Waals surface area contributed by atoms with Gasteiger partial charge in [-0.3, -0.25) is 9.59 Å². The Morgan fingerprint density at radius 2 is 1.67 bits per heavy atom. The zero-order chi connectivity index (χ0) is 13.6. The Morgan fingerprint density at radius 1 is 1.00 bits per heavy atom. The average Bonchev–Trinajstić information content (AvgIpc) is 2.32. The first-order chi connectivity index (χ1) is 8.66. The topological polar surface area (TPSA) is 96.9 Å². The normalized spacial score (nSPS) is 10.3. The van der Waals surface area contributed by atoms with Crippen LogP contribution < -0.4 is 10.6 Å². The van der Waals surface area contributed by atoms with Crippen molar-refractivity contribution in [1.29, 1.82) is 0 Å². The maximum Gasteiger partial charge on any atom is 0.305 e. The van der Waals surface area contributed by atoms with Gasteiger partial charge in [0, 0.05) is 19.5 Å². The number of rotatable bonds is 12. The van der Waals surface area contributed by atoms with Crippen LogP contribution in [0.5, 0.6) is 0 Å². The number of carboxylic acid groups (broad SMARTS) is 1. The molecule has 0 aliphatic carbocycles. The van der Waals surface area contributed by atoms with Gasteiger partial charge in [0.1, 0.15) is 0 Å². The van der Waals surface area contributed by atoms with Crippen molar-refractivity contribution in [2.75, 3.05) is 46.6 Å². The van der Waals surface area contributed by atoms with E-state index >= 15 is 0 Å². The summed E-state index contributed by atoms with van der Waals surface area (Å²) >= 11 is 0. The van der Waals surface area contributed by atoms with Crippen LogP contribution in [0.1, 0.15) is 12.8 Å². The molecule has 0 bridgehead atoms. The molecule has 0 fully saturated rings. The maximum absolute atomic E-state index is 11.2. The first-order valence-corrected chi connectivity index (χ1v) is 5.95. The molecule has 0 radical (unpaired) electrons. The van der Waals surface area contributed by atoms with Crippen molar-refractivity contribution in [2.24, 2.45) is 0 Å². The van der Waals surface area contributed by atoms with Crippen LogP contribution in [-0.2, 0) is 19.1 Å². The van der Waals surface area contributed by atoms with E-state index in [-0.39, 0.29) is 25.3 Å². The standard InChI is InChI=1S/C11H22N2O5/c1-12-5-7-18-9-8-17-6-3-10(14)13-4-2-11(15)16/h12H,2-9H2,1H3,(H,13,14)(H,15,16). The summed E-state index contributed by atoms with van der Waals surface area (Å²) in [5, 5.41) is 13.8. The zero-order valence-electron chi connectivity index (χ0n) is 10.7. The third-order valence-electron chi connectivity index (χ3n) is 2.00. The number of hydrogen-bond acceptors (Lipinski definition) is 5. The summed E-state index contributed by atoms with van der Waals surface area (Å²) in [5.41, 5.74) is 0. The maximum atomic E-state index is 11.2. The quantitative estimate of drug-likeness (QED) is 0.399. The molecule has 0 aliphatic rings. The summed E-state index contributed by atoms with van der Waals surface area (Å²) in [4.78, 5) is 21.4. The van der Waals surface area contributed by atoms with Crippen LogP contribution >= 0.6 is 0 Å². The number of carbonyl (C=O) groups is 2. The van der Waals surface area contributed by atoms with Gasteiger partial charge in [-0.25, -0.2) is 0 Å². The number of amides is 1. The fourth-order valence-electron chi connectivity index (χ4n) is 1.06. The highest BCUT2D eigenvalue weighted by Gasteiger charge is 2.02. The van der Waals surface area contributed by atoms with Crippen LogP contribution in [0.3, 0.4) is 0 Å². The molecule has 7 nitrogen and oxygen atoms in total. The van der Waals surface area contributed by atoms with Crippen LogP contribution in [-0.4, -0.2) is 63.5 Å². The minimum absolute atomic E-state index is 0.0636. The molecular formula is C11H22N2O5. The molecule has 106 valence electrons. The smallest absolute Gasteiger partial charge is 0.305 e. The van der Waals surface area contributed by atoms with Gasteiger partial charge >= 0.3 is 5.97 Å². The van der Waals surface area contributed by atoms with Gasteiger partial charge < -0.3 is 25.2 Å². The van der Waals surface area contributed by atoms with Crippen molar-refractivity contribution in [3.63, 3.8) is 0 Å². The van der Waals surface area contributed by atoms with Gasteiger partial charge in [0.05, 0.1) is 32.8 Å². The Kier molecular flexibility index (Phi) is 11.5. The van der Waals surface area contributed by atoms with Crippen molar-refractivity contribution in [3.8, 4) is 0 Å². The lowest BCUT2D eigenvalue weighted by molar-refractivity contribution is -0.136. The molecule has 1 amide bonds. The number of nitrogens with one attached hydrogen (secondary N) is 2. The fourth-order valence-corrected chi connectivity index (χ4v) is 1.06. The van der Waals surface area contributed by atoms with Crippen molar-refractivity contribution in [2.45, 2.75) is 12.8 Å². The lowest BCUT2D eigenvalue weighted by atomic mass is 10.4. The molecule has 7 heteroatoms. The van der Waals surface area contributed by atoms with Crippen molar-refractivity contribution >= 4 is 11.9 Å². The van der Waals surface area contributed by atoms with Gasteiger partial charge in [-0.05, 0) is 7.05 Å². The van der Waals surface area contributed by atoms with Gasteiger partial charge in [0.25, 0.3) is 0 Å². The second-order valence-electron chi connectivity index (χ2n) is 3.57. The highest BCUT2D eigenvalue weighted by Crippen LogP contribution is 1.85. The van der Waals surface area contributed by atoms with Crippen LogP contribution in [0.4, 0.5) is 0 Å². The number of hydrogen-bond donors (Lipinski definition) is 3. The lowest BCUT2D eigenvalue weighted by Gasteiger charge is -2.06. The Morgan fingerprint density at radius 3 is 2.28 bits per heavy atom. The molecule has 18 heavy (non-hydrogen) atoms. The molecule has 0 saturated carbocycles. The van der Waals surface area contributed by atoms with E-state index in [0.29, 0.717) is 26.4 Å². The van der Waals surface area contributed by atoms with E-state index in [4.69, 9.17) is 14.6 Å². The monoisotopic (exact) mass is 262 g/mol. The summed E-state index contributed by atoms with van der Waals surface area (Å²) in [6.45, 7) is 2.85. The highest BCUT2D eigenvalue weighted by atomic mass is 16.5. The molecule has 0 rings (SSSR count). The van der Waals surface area contributed by atoms with E-state index in [0.717, 1.165) is 6.54 Å². The van der Waals surface area contributed by atoms with Gasteiger partial charge in [-0.1, -0.05) is 0 Å². The van der Waals surface area contributed by atoms with Gasteiger partial charge in [0.15, 0.2) is 0 Å². The molecule has 0 heterocycles. The first kappa shape index (κ1) is 16.8. The third kappa shape index (κ3) is 12.9. The summed E-state index contributed by atoms with van der Waals surface area (Å²) in [5.74, 6) is -1.13.